The molecule has 1 amide bonds. The molecule has 1 aliphatic rings. The molecule has 1 fully saturated rings. The minimum absolute atomic E-state index is 0.0287. The van der Waals surface area contributed by atoms with Gasteiger partial charge in [-0.05, 0) is 30.2 Å². The van der Waals surface area contributed by atoms with Gasteiger partial charge in [0.1, 0.15) is 12.4 Å². The van der Waals surface area contributed by atoms with Gasteiger partial charge < -0.3 is 20.1 Å². The lowest BCUT2D eigenvalue weighted by molar-refractivity contribution is -0.117. The highest BCUT2D eigenvalue weighted by atomic mass is 16.5. The molecule has 2 aromatic rings. The molecule has 132 valence electrons. The third kappa shape index (κ3) is 5.31. The zero-order chi connectivity index (χ0) is 17.5. The van der Waals surface area contributed by atoms with Gasteiger partial charge >= 0.3 is 0 Å². The topological polar surface area (TPSA) is 59.6 Å². The van der Waals surface area contributed by atoms with Gasteiger partial charge in [-0.3, -0.25) is 4.79 Å². The van der Waals surface area contributed by atoms with Crippen molar-refractivity contribution in [3.05, 3.63) is 59.7 Å². The number of amides is 1. The van der Waals surface area contributed by atoms with Crippen molar-refractivity contribution in [1.82, 2.24) is 5.32 Å². The van der Waals surface area contributed by atoms with E-state index in [2.05, 4.69) is 29.7 Å². The maximum Gasteiger partial charge on any atom is 0.226 e. The highest BCUT2D eigenvalue weighted by Crippen LogP contribution is 2.20. The molecule has 0 bridgehead atoms. The molecule has 1 aliphatic heterocycles. The fourth-order valence-electron chi connectivity index (χ4n) is 2.78. The van der Waals surface area contributed by atoms with Crippen LogP contribution in [0.1, 0.15) is 17.5 Å². The first kappa shape index (κ1) is 17.5. The average Bonchev–Trinajstić information content (AvgIpc) is 2.62. The van der Waals surface area contributed by atoms with Crippen LogP contribution in [-0.4, -0.2) is 31.7 Å². The van der Waals surface area contributed by atoms with E-state index in [-0.39, 0.29) is 11.9 Å². The van der Waals surface area contributed by atoms with Crippen molar-refractivity contribution in [1.29, 1.82) is 0 Å². The fourth-order valence-corrected chi connectivity index (χ4v) is 2.78. The number of nitrogens with one attached hydrogen (secondary N) is 2. The van der Waals surface area contributed by atoms with Crippen molar-refractivity contribution in [3.63, 3.8) is 0 Å². The number of hydrogen-bond donors (Lipinski definition) is 2. The molecule has 3 rings (SSSR count). The maximum absolute atomic E-state index is 12.2. The van der Waals surface area contributed by atoms with Crippen LogP contribution in [0.4, 0.5) is 5.69 Å². The molecule has 1 heterocycles. The van der Waals surface area contributed by atoms with Crippen LogP contribution >= 0.6 is 0 Å². The molecular formula is C20H24N2O3. The number of rotatable bonds is 6. The monoisotopic (exact) mass is 340 g/mol. The van der Waals surface area contributed by atoms with Crippen LogP contribution < -0.4 is 15.4 Å². The molecule has 5 nitrogen and oxygen atoms in total. The third-order valence-electron chi connectivity index (χ3n) is 4.20. The number of aryl methyl sites for hydroxylation is 1. The summed E-state index contributed by atoms with van der Waals surface area (Å²) in [6.45, 7) is 4.65. The van der Waals surface area contributed by atoms with Gasteiger partial charge in [0.05, 0.1) is 13.2 Å². The fraction of sp³-hybridized carbons (Fsp3) is 0.350. The molecule has 2 aromatic carbocycles. The minimum atomic E-state index is -0.0287. The summed E-state index contributed by atoms with van der Waals surface area (Å²) in [6.07, 6.45) is 0.397. The Morgan fingerprint density at radius 1 is 1.28 bits per heavy atom. The third-order valence-corrected chi connectivity index (χ3v) is 4.20. The molecule has 0 saturated carbocycles. The van der Waals surface area contributed by atoms with Crippen LogP contribution in [0.3, 0.4) is 0 Å². The van der Waals surface area contributed by atoms with Crippen LogP contribution in [0.15, 0.2) is 48.5 Å². The Morgan fingerprint density at radius 2 is 2.16 bits per heavy atom. The number of benzene rings is 2. The van der Waals surface area contributed by atoms with E-state index >= 15 is 0 Å². The van der Waals surface area contributed by atoms with Gasteiger partial charge in [-0.15, -0.1) is 0 Å². The van der Waals surface area contributed by atoms with Crippen molar-refractivity contribution in [2.24, 2.45) is 0 Å². The van der Waals surface area contributed by atoms with Gasteiger partial charge in [-0.2, -0.15) is 0 Å². The van der Waals surface area contributed by atoms with Crippen molar-refractivity contribution in [3.8, 4) is 5.75 Å². The van der Waals surface area contributed by atoms with Gasteiger partial charge in [0.25, 0.3) is 0 Å². The summed E-state index contributed by atoms with van der Waals surface area (Å²) in [4.78, 5) is 12.2. The number of anilines is 1. The summed E-state index contributed by atoms with van der Waals surface area (Å²) < 4.78 is 11.2. The Morgan fingerprint density at radius 3 is 2.96 bits per heavy atom. The van der Waals surface area contributed by atoms with Gasteiger partial charge in [-0.1, -0.05) is 30.3 Å². The Hall–Kier alpha value is -2.37. The molecule has 25 heavy (non-hydrogen) atoms. The first-order valence-corrected chi connectivity index (χ1v) is 8.59. The molecule has 1 unspecified atom stereocenters. The molecule has 1 atom stereocenters. The van der Waals surface area contributed by atoms with E-state index in [0.29, 0.717) is 26.2 Å². The quantitative estimate of drug-likeness (QED) is 0.849. The second kappa shape index (κ2) is 8.65. The van der Waals surface area contributed by atoms with Crippen LogP contribution in [0, 0.1) is 6.92 Å². The standard InChI is InChI=1S/C20H24N2O3/c1-15-5-2-3-6-16(15)13-25-19-8-4-7-17(11-19)22-20(23)12-18-14-24-10-9-21-18/h2-8,11,18,21H,9-10,12-14H2,1H3,(H,22,23). The summed E-state index contributed by atoms with van der Waals surface area (Å²) in [7, 11) is 0. The highest BCUT2D eigenvalue weighted by Gasteiger charge is 2.16. The van der Waals surface area contributed by atoms with E-state index in [4.69, 9.17) is 9.47 Å². The molecular weight excluding hydrogens is 316 g/mol. The molecule has 0 aliphatic carbocycles. The molecule has 0 aromatic heterocycles. The molecule has 1 saturated heterocycles. The van der Waals surface area contributed by atoms with Crippen LogP contribution in [0.5, 0.6) is 5.75 Å². The van der Waals surface area contributed by atoms with Crippen LogP contribution in [-0.2, 0) is 16.1 Å². The second-order valence-corrected chi connectivity index (χ2v) is 6.22. The van der Waals surface area contributed by atoms with Crippen molar-refractivity contribution in [2.45, 2.75) is 26.0 Å². The van der Waals surface area contributed by atoms with E-state index in [1.165, 1.54) is 5.56 Å². The zero-order valence-corrected chi connectivity index (χ0v) is 14.5. The minimum Gasteiger partial charge on any atom is -0.489 e. The number of hydrogen-bond acceptors (Lipinski definition) is 4. The summed E-state index contributed by atoms with van der Waals surface area (Å²) in [5, 5.41) is 6.21. The number of carbonyl (C=O) groups is 1. The van der Waals surface area contributed by atoms with Gasteiger partial charge in [0.15, 0.2) is 0 Å². The first-order valence-electron chi connectivity index (χ1n) is 8.59. The largest absolute Gasteiger partial charge is 0.489 e. The van der Waals surface area contributed by atoms with Crippen molar-refractivity contribution < 1.29 is 14.3 Å². The normalized spacial score (nSPS) is 17.1. The Labute approximate surface area is 148 Å². The molecule has 5 heteroatoms. The molecule has 0 spiro atoms. The first-order chi connectivity index (χ1) is 12.2. The zero-order valence-electron chi connectivity index (χ0n) is 14.5. The smallest absolute Gasteiger partial charge is 0.226 e. The van der Waals surface area contributed by atoms with E-state index in [1.807, 2.05) is 36.4 Å². The Balaban J connectivity index is 1.54. The van der Waals surface area contributed by atoms with Crippen LogP contribution in [0.25, 0.3) is 0 Å². The Kier molecular flexibility index (Phi) is 6.04. The van der Waals surface area contributed by atoms with E-state index in [0.717, 1.165) is 23.5 Å². The summed E-state index contributed by atoms with van der Waals surface area (Å²) in [6, 6.07) is 15.7. The van der Waals surface area contributed by atoms with Gasteiger partial charge in [-0.25, -0.2) is 0 Å². The average molecular weight is 340 g/mol. The summed E-state index contributed by atoms with van der Waals surface area (Å²) in [5.74, 6) is 0.708. The Bertz CT molecular complexity index is 712. The highest BCUT2D eigenvalue weighted by molar-refractivity contribution is 5.91. The molecule has 2 N–H and O–H groups in total. The van der Waals surface area contributed by atoms with Crippen molar-refractivity contribution in [2.75, 3.05) is 25.1 Å². The number of morpholine rings is 1. The lowest BCUT2D eigenvalue weighted by Gasteiger charge is -2.23. The predicted octanol–water partition coefficient (Wildman–Crippen LogP) is 2.89. The second-order valence-electron chi connectivity index (χ2n) is 6.22. The van der Waals surface area contributed by atoms with E-state index < -0.39 is 0 Å². The number of carbonyl (C=O) groups excluding carboxylic acids is 1. The lowest BCUT2D eigenvalue weighted by Crippen LogP contribution is -2.43. The molecule has 0 radical (unpaired) electrons. The lowest BCUT2D eigenvalue weighted by atomic mass is 10.1. The summed E-state index contributed by atoms with van der Waals surface area (Å²) in [5.41, 5.74) is 3.10. The van der Waals surface area contributed by atoms with Crippen molar-refractivity contribution >= 4 is 11.6 Å². The maximum atomic E-state index is 12.2. The van der Waals surface area contributed by atoms with Crippen LogP contribution in [0.2, 0.25) is 0 Å². The van der Waals surface area contributed by atoms with E-state index in [1.54, 1.807) is 0 Å². The van der Waals surface area contributed by atoms with Gasteiger partial charge in [0, 0.05) is 30.8 Å². The van der Waals surface area contributed by atoms with E-state index in [9.17, 15) is 4.79 Å². The summed E-state index contributed by atoms with van der Waals surface area (Å²) >= 11 is 0. The number of ether oxygens (including phenoxy) is 2. The SMILES string of the molecule is Cc1ccccc1COc1cccc(NC(=O)CC2COCCN2)c1. The van der Waals surface area contributed by atoms with Gasteiger partial charge in [0.2, 0.25) is 5.91 Å². The predicted molar refractivity (Wildman–Crippen MR) is 97.8 cm³/mol.